The van der Waals surface area contributed by atoms with Crippen molar-refractivity contribution in [3.63, 3.8) is 0 Å². The van der Waals surface area contributed by atoms with Gasteiger partial charge in [0.05, 0.1) is 5.41 Å². The van der Waals surface area contributed by atoms with E-state index in [9.17, 15) is 4.79 Å². The van der Waals surface area contributed by atoms with Gasteiger partial charge in [-0.3, -0.25) is 4.79 Å². The van der Waals surface area contributed by atoms with E-state index in [4.69, 9.17) is 16.7 Å². The van der Waals surface area contributed by atoms with Crippen molar-refractivity contribution in [1.82, 2.24) is 4.98 Å². The largest absolute Gasteiger partial charge is 0.481 e. The zero-order chi connectivity index (χ0) is 10.1. The molecule has 0 spiro atoms. The molecule has 0 saturated heterocycles. The van der Waals surface area contributed by atoms with Crippen LogP contribution >= 0.6 is 24.0 Å². The minimum atomic E-state index is -0.995. The normalized spacial score (nSPS) is 10.5. The fourth-order valence-electron chi connectivity index (χ4n) is 0.967. The van der Waals surface area contributed by atoms with Crippen molar-refractivity contribution in [3.8, 4) is 0 Å². The molecule has 0 amide bonds. The highest BCUT2D eigenvalue weighted by Crippen LogP contribution is 2.28. The van der Waals surface area contributed by atoms with Gasteiger partial charge in [0.25, 0.3) is 0 Å². The van der Waals surface area contributed by atoms with Gasteiger partial charge in [0.1, 0.15) is 5.15 Å². The third kappa shape index (κ3) is 2.36. The number of pyridine rings is 1. The smallest absolute Gasteiger partial charge is 0.313 e. The van der Waals surface area contributed by atoms with Crippen molar-refractivity contribution < 1.29 is 9.90 Å². The maximum absolute atomic E-state index is 10.9. The molecule has 0 saturated carbocycles. The molecule has 1 N–H and O–H groups in total. The van der Waals surface area contributed by atoms with Crippen LogP contribution in [0.3, 0.4) is 0 Å². The molecule has 1 rings (SSSR count). The van der Waals surface area contributed by atoms with E-state index < -0.39 is 11.4 Å². The second-order valence-corrected chi connectivity index (χ2v) is 3.63. The SMILES string of the molecule is CC(C)(C(=O)O)c1cccnc1Cl.Cl. The highest BCUT2D eigenvalue weighted by Gasteiger charge is 2.31. The summed E-state index contributed by atoms with van der Waals surface area (Å²) < 4.78 is 0. The lowest BCUT2D eigenvalue weighted by molar-refractivity contribution is -0.142. The Morgan fingerprint density at radius 1 is 1.57 bits per heavy atom. The van der Waals surface area contributed by atoms with Crippen molar-refractivity contribution in [2.24, 2.45) is 0 Å². The molecule has 3 nitrogen and oxygen atoms in total. The van der Waals surface area contributed by atoms with E-state index >= 15 is 0 Å². The van der Waals surface area contributed by atoms with E-state index in [1.807, 2.05) is 0 Å². The van der Waals surface area contributed by atoms with Gasteiger partial charge in [-0.05, 0) is 19.9 Å². The number of carboxylic acids is 1. The number of carboxylic acid groups (broad SMARTS) is 1. The highest BCUT2D eigenvalue weighted by molar-refractivity contribution is 6.30. The van der Waals surface area contributed by atoms with Gasteiger partial charge in [-0.25, -0.2) is 4.98 Å². The molecule has 78 valence electrons. The van der Waals surface area contributed by atoms with Gasteiger partial charge >= 0.3 is 5.97 Å². The average Bonchev–Trinajstić information content (AvgIpc) is 2.04. The van der Waals surface area contributed by atoms with Crippen LogP contribution in [-0.2, 0) is 10.2 Å². The van der Waals surface area contributed by atoms with Crippen LogP contribution in [0, 0.1) is 0 Å². The van der Waals surface area contributed by atoms with Crippen molar-refractivity contribution in [2.45, 2.75) is 19.3 Å². The summed E-state index contributed by atoms with van der Waals surface area (Å²) in [7, 11) is 0. The molecule has 1 heterocycles. The Kier molecular flexibility index (Phi) is 4.36. The molecule has 0 unspecified atom stereocenters. The van der Waals surface area contributed by atoms with Crippen LogP contribution in [0.4, 0.5) is 0 Å². The van der Waals surface area contributed by atoms with Crippen molar-refractivity contribution in [3.05, 3.63) is 29.0 Å². The van der Waals surface area contributed by atoms with Crippen LogP contribution < -0.4 is 0 Å². The van der Waals surface area contributed by atoms with Crippen LogP contribution in [-0.4, -0.2) is 16.1 Å². The summed E-state index contributed by atoms with van der Waals surface area (Å²) in [5.74, 6) is -0.914. The van der Waals surface area contributed by atoms with E-state index in [0.717, 1.165) is 0 Å². The maximum Gasteiger partial charge on any atom is 0.313 e. The zero-order valence-corrected chi connectivity index (χ0v) is 9.39. The van der Waals surface area contributed by atoms with Gasteiger partial charge in [-0.2, -0.15) is 0 Å². The van der Waals surface area contributed by atoms with Gasteiger partial charge in [0.2, 0.25) is 0 Å². The number of nitrogens with zero attached hydrogens (tertiary/aromatic N) is 1. The maximum atomic E-state index is 10.9. The summed E-state index contributed by atoms with van der Waals surface area (Å²) in [6.45, 7) is 3.19. The van der Waals surface area contributed by atoms with Gasteiger partial charge in [0, 0.05) is 11.8 Å². The molecule has 0 aliphatic carbocycles. The molecular weight excluding hydrogens is 225 g/mol. The lowest BCUT2D eigenvalue weighted by Crippen LogP contribution is -2.29. The Morgan fingerprint density at radius 2 is 2.14 bits per heavy atom. The van der Waals surface area contributed by atoms with Gasteiger partial charge in [-0.1, -0.05) is 17.7 Å². The van der Waals surface area contributed by atoms with E-state index in [0.29, 0.717) is 5.56 Å². The summed E-state index contributed by atoms with van der Waals surface area (Å²) in [6.07, 6.45) is 1.53. The molecule has 0 atom stereocenters. The van der Waals surface area contributed by atoms with Crippen LogP contribution in [0.1, 0.15) is 19.4 Å². The standard InChI is InChI=1S/C9H10ClNO2.ClH/c1-9(2,8(12)13)6-4-3-5-11-7(6)10;/h3-5H,1-2H3,(H,12,13);1H. The predicted octanol–water partition coefficient (Wildman–Crippen LogP) is 2.52. The fourth-order valence-corrected chi connectivity index (χ4v) is 1.32. The number of hydrogen-bond acceptors (Lipinski definition) is 2. The lowest BCUT2D eigenvalue weighted by atomic mass is 9.86. The number of halogens is 2. The Hall–Kier alpha value is -0.800. The summed E-state index contributed by atoms with van der Waals surface area (Å²) in [5, 5.41) is 9.18. The first-order valence-electron chi connectivity index (χ1n) is 3.80. The molecule has 14 heavy (non-hydrogen) atoms. The molecule has 0 radical (unpaired) electrons. The van der Waals surface area contributed by atoms with Gasteiger partial charge in [-0.15, -0.1) is 12.4 Å². The monoisotopic (exact) mass is 235 g/mol. The first-order valence-corrected chi connectivity index (χ1v) is 4.18. The van der Waals surface area contributed by atoms with E-state index in [1.165, 1.54) is 6.20 Å². The van der Waals surface area contributed by atoms with Crippen molar-refractivity contribution in [2.75, 3.05) is 0 Å². The topological polar surface area (TPSA) is 50.2 Å². The number of hydrogen-bond donors (Lipinski definition) is 1. The molecule has 0 aromatic carbocycles. The molecule has 1 aromatic rings. The van der Waals surface area contributed by atoms with Crippen LogP contribution in [0.25, 0.3) is 0 Å². The fraction of sp³-hybridized carbons (Fsp3) is 0.333. The Morgan fingerprint density at radius 3 is 2.57 bits per heavy atom. The summed E-state index contributed by atoms with van der Waals surface area (Å²) in [4.78, 5) is 14.7. The second-order valence-electron chi connectivity index (χ2n) is 3.27. The molecule has 5 heteroatoms. The highest BCUT2D eigenvalue weighted by atomic mass is 35.5. The quantitative estimate of drug-likeness (QED) is 0.802. The summed E-state index contributed by atoms with van der Waals surface area (Å²) in [5.41, 5.74) is -0.463. The number of aromatic nitrogens is 1. The molecule has 0 fully saturated rings. The molecular formula is C9H11Cl2NO2. The first-order chi connectivity index (χ1) is 5.96. The Labute approximate surface area is 93.5 Å². The summed E-state index contributed by atoms with van der Waals surface area (Å²) >= 11 is 5.78. The van der Waals surface area contributed by atoms with E-state index in [1.54, 1.807) is 26.0 Å². The minimum Gasteiger partial charge on any atom is -0.481 e. The number of aliphatic carboxylic acids is 1. The third-order valence-corrected chi connectivity index (χ3v) is 2.27. The second kappa shape index (κ2) is 4.62. The van der Waals surface area contributed by atoms with Crippen molar-refractivity contribution >= 4 is 30.0 Å². The first kappa shape index (κ1) is 13.2. The zero-order valence-electron chi connectivity index (χ0n) is 7.82. The predicted molar refractivity (Wildman–Crippen MR) is 57.2 cm³/mol. The Bertz CT molecular complexity index is 339. The average molecular weight is 236 g/mol. The van der Waals surface area contributed by atoms with Crippen LogP contribution in [0.15, 0.2) is 18.3 Å². The minimum absolute atomic E-state index is 0. The van der Waals surface area contributed by atoms with Gasteiger partial charge < -0.3 is 5.11 Å². The van der Waals surface area contributed by atoms with Gasteiger partial charge in [0.15, 0.2) is 0 Å². The molecule has 1 aromatic heterocycles. The Balaban J connectivity index is 0.00000169. The number of carbonyl (C=O) groups is 1. The molecule has 0 aliphatic rings. The van der Waals surface area contributed by atoms with Crippen LogP contribution in [0.5, 0.6) is 0 Å². The molecule has 0 aliphatic heterocycles. The summed E-state index contributed by atoms with van der Waals surface area (Å²) in [6, 6.07) is 3.34. The lowest BCUT2D eigenvalue weighted by Gasteiger charge is -2.19. The van der Waals surface area contributed by atoms with E-state index in [-0.39, 0.29) is 17.6 Å². The van der Waals surface area contributed by atoms with Crippen LogP contribution in [0.2, 0.25) is 5.15 Å². The molecule has 0 bridgehead atoms. The number of rotatable bonds is 2. The van der Waals surface area contributed by atoms with Crippen molar-refractivity contribution in [1.29, 1.82) is 0 Å². The third-order valence-electron chi connectivity index (χ3n) is 1.97. The van der Waals surface area contributed by atoms with E-state index in [2.05, 4.69) is 4.98 Å².